The minimum absolute atomic E-state index is 0.0489. The number of hydrogen-bond donors (Lipinski definition) is 1. The molecule has 0 saturated heterocycles. The molecule has 0 amide bonds. The van der Waals surface area contributed by atoms with E-state index in [-0.39, 0.29) is 9.92 Å². The maximum Gasteiger partial charge on any atom is 0.265 e. The van der Waals surface area contributed by atoms with E-state index in [1.165, 1.54) is 23.6 Å². The van der Waals surface area contributed by atoms with Crippen molar-refractivity contribution in [1.82, 2.24) is 4.98 Å². The standard InChI is InChI=1S/C13H14ClN3O2S/c1-15-13-12(14)8-11(9-16-13)20(18,19)17(2)10-6-4-3-5-7-10/h3-9H,1-2H3,(H,15,16). The molecule has 0 radical (unpaired) electrons. The third kappa shape index (κ3) is 2.71. The van der Waals surface area contributed by atoms with Crippen molar-refractivity contribution in [1.29, 1.82) is 0 Å². The molecule has 0 fully saturated rings. The average molecular weight is 312 g/mol. The third-order valence-electron chi connectivity index (χ3n) is 2.83. The van der Waals surface area contributed by atoms with Gasteiger partial charge in [-0.1, -0.05) is 29.8 Å². The SMILES string of the molecule is CNc1ncc(S(=O)(=O)N(C)c2ccccc2)cc1Cl. The van der Waals surface area contributed by atoms with E-state index in [0.29, 0.717) is 11.5 Å². The maximum absolute atomic E-state index is 12.5. The molecule has 0 saturated carbocycles. The van der Waals surface area contributed by atoms with Crippen LogP contribution in [0.4, 0.5) is 11.5 Å². The number of anilines is 2. The molecular formula is C13H14ClN3O2S. The van der Waals surface area contributed by atoms with Crippen LogP contribution in [0, 0.1) is 0 Å². The van der Waals surface area contributed by atoms with Crippen LogP contribution < -0.4 is 9.62 Å². The van der Waals surface area contributed by atoms with Crippen molar-refractivity contribution in [3.63, 3.8) is 0 Å². The van der Waals surface area contributed by atoms with E-state index in [4.69, 9.17) is 11.6 Å². The van der Waals surface area contributed by atoms with Crippen LogP contribution in [0.2, 0.25) is 5.02 Å². The van der Waals surface area contributed by atoms with Crippen LogP contribution in [0.3, 0.4) is 0 Å². The van der Waals surface area contributed by atoms with Crippen LogP contribution in [0.25, 0.3) is 0 Å². The Bertz CT molecular complexity index is 705. The predicted octanol–water partition coefficient (Wildman–Crippen LogP) is 2.60. The van der Waals surface area contributed by atoms with Gasteiger partial charge in [0, 0.05) is 20.3 Å². The molecule has 7 heteroatoms. The second-order valence-electron chi connectivity index (χ2n) is 4.06. The Morgan fingerprint density at radius 3 is 2.45 bits per heavy atom. The summed E-state index contributed by atoms with van der Waals surface area (Å²) in [7, 11) is -0.525. The molecule has 0 aliphatic heterocycles. The van der Waals surface area contributed by atoms with Gasteiger partial charge in [-0.15, -0.1) is 0 Å². The molecular weight excluding hydrogens is 298 g/mol. The Morgan fingerprint density at radius 2 is 1.90 bits per heavy atom. The number of nitrogens with zero attached hydrogens (tertiary/aromatic N) is 2. The zero-order valence-electron chi connectivity index (χ0n) is 11.0. The lowest BCUT2D eigenvalue weighted by Crippen LogP contribution is -2.26. The van der Waals surface area contributed by atoms with Crippen molar-refractivity contribution in [3.8, 4) is 0 Å². The predicted molar refractivity (Wildman–Crippen MR) is 80.8 cm³/mol. The quantitative estimate of drug-likeness (QED) is 0.942. The summed E-state index contributed by atoms with van der Waals surface area (Å²) in [5.41, 5.74) is 0.571. The third-order valence-corrected chi connectivity index (χ3v) is 4.87. The lowest BCUT2D eigenvalue weighted by molar-refractivity contribution is 0.594. The van der Waals surface area contributed by atoms with Crippen LogP contribution >= 0.6 is 11.6 Å². The molecule has 20 heavy (non-hydrogen) atoms. The van der Waals surface area contributed by atoms with E-state index in [9.17, 15) is 8.42 Å². The summed E-state index contributed by atoms with van der Waals surface area (Å²) in [5, 5.41) is 3.04. The lowest BCUT2D eigenvalue weighted by atomic mass is 10.3. The fourth-order valence-electron chi connectivity index (χ4n) is 1.68. The summed E-state index contributed by atoms with van der Waals surface area (Å²) in [6.45, 7) is 0. The minimum Gasteiger partial charge on any atom is -0.372 e. The van der Waals surface area contributed by atoms with Crippen molar-refractivity contribution >= 4 is 33.1 Å². The normalized spacial score (nSPS) is 11.2. The van der Waals surface area contributed by atoms with E-state index in [2.05, 4.69) is 10.3 Å². The van der Waals surface area contributed by atoms with E-state index in [1.807, 2.05) is 6.07 Å². The molecule has 0 aliphatic rings. The minimum atomic E-state index is -3.68. The first-order valence-corrected chi connectivity index (χ1v) is 7.66. The van der Waals surface area contributed by atoms with Crippen LogP contribution in [-0.4, -0.2) is 27.5 Å². The summed E-state index contributed by atoms with van der Waals surface area (Å²) in [5.74, 6) is 0.438. The molecule has 0 atom stereocenters. The van der Waals surface area contributed by atoms with E-state index < -0.39 is 10.0 Å². The summed E-state index contributed by atoms with van der Waals surface area (Å²) < 4.78 is 26.2. The van der Waals surface area contributed by atoms with Crippen molar-refractivity contribution in [2.45, 2.75) is 4.90 Å². The summed E-state index contributed by atoms with van der Waals surface area (Å²) >= 11 is 5.98. The number of nitrogens with one attached hydrogen (secondary N) is 1. The number of para-hydroxylation sites is 1. The summed E-state index contributed by atoms with van der Waals surface area (Å²) in [6, 6.07) is 10.2. The van der Waals surface area contributed by atoms with Crippen molar-refractivity contribution in [2.24, 2.45) is 0 Å². The number of halogens is 1. The average Bonchev–Trinajstić information content (AvgIpc) is 2.47. The Hall–Kier alpha value is -1.79. The van der Waals surface area contributed by atoms with Gasteiger partial charge >= 0.3 is 0 Å². The van der Waals surface area contributed by atoms with Gasteiger partial charge in [-0.2, -0.15) is 0 Å². The van der Waals surface area contributed by atoms with Crippen LogP contribution in [0.5, 0.6) is 0 Å². The molecule has 0 aliphatic carbocycles. The summed E-state index contributed by atoms with van der Waals surface area (Å²) in [4.78, 5) is 4.04. The van der Waals surface area contributed by atoms with Crippen molar-refractivity contribution in [2.75, 3.05) is 23.7 Å². The van der Waals surface area contributed by atoms with Gasteiger partial charge in [0.2, 0.25) is 0 Å². The first-order chi connectivity index (χ1) is 9.46. The van der Waals surface area contributed by atoms with E-state index in [0.717, 1.165) is 0 Å². The van der Waals surface area contributed by atoms with Gasteiger partial charge in [-0.05, 0) is 18.2 Å². The van der Waals surface area contributed by atoms with Gasteiger partial charge in [0.1, 0.15) is 10.7 Å². The zero-order valence-corrected chi connectivity index (χ0v) is 12.6. The largest absolute Gasteiger partial charge is 0.372 e. The first kappa shape index (κ1) is 14.6. The highest BCUT2D eigenvalue weighted by Crippen LogP contribution is 2.26. The molecule has 5 nitrogen and oxygen atoms in total. The molecule has 0 spiro atoms. The molecule has 0 bridgehead atoms. The van der Waals surface area contributed by atoms with Gasteiger partial charge < -0.3 is 5.32 Å². The molecule has 1 N–H and O–H groups in total. The smallest absolute Gasteiger partial charge is 0.265 e. The number of sulfonamides is 1. The van der Waals surface area contributed by atoms with Gasteiger partial charge in [-0.3, -0.25) is 4.31 Å². The summed E-state index contributed by atoms with van der Waals surface area (Å²) in [6.07, 6.45) is 1.28. The number of hydrogen-bond acceptors (Lipinski definition) is 4. The molecule has 1 aromatic carbocycles. The zero-order chi connectivity index (χ0) is 14.8. The topological polar surface area (TPSA) is 62.3 Å². The fraction of sp³-hybridized carbons (Fsp3) is 0.154. The molecule has 106 valence electrons. The van der Waals surface area contributed by atoms with E-state index in [1.54, 1.807) is 31.3 Å². The maximum atomic E-state index is 12.5. The number of pyridine rings is 1. The molecule has 2 aromatic rings. The Morgan fingerprint density at radius 1 is 1.25 bits per heavy atom. The highest BCUT2D eigenvalue weighted by Gasteiger charge is 2.22. The van der Waals surface area contributed by atoms with Gasteiger partial charge in [-0.25, -0.2) is 13.4 Å². The number of benzene rings is 1. The fourth-order valence-corrected chi connectivity index (χ4v) is 3.17. The van der Waals surface area contributed by atoms with E-state index >= 15 is 0 Å². The lowest BCUT2D eigenvalue weighted by Gasteiger charge is -2.19. The van der Waals surface area contributed by atoms with Gasteiger partial charge in [0.05, 0.1) is 10.7 Å². The van der Waals surface area contributed by atoms with Crippen molar-refractivity contribution in [3.05, 3.63) is 47.6 Å². The second kappa shape index (κ2) is 5.68. The first-order valence-electron chi connectivity index (χ1n) is 5.84. The Balaban J connectivity index is 2.43. The van der Waals surface area contributed by atoms with Crippen LogP contribution in [0.1, 0.15) is 0 Å². The number of aromatic nitrogens is 1. The van der Waals surface area contributed by atoms with Crippen molar-refractivity contribution < 1.29 is 8.42 Å². The molecule has 2 rings (SSSR count). The Kier molecular flexibility index (Phi) is 4.15. The van der Waals surface area contributed by atoms with Gasteiger partial charge in [0.15, 0.2) is 0 Å². The second-order valence-corrected chi connectivity index (χ2v) is 6.44. The monoisotopic (exact) mass is 311 g/mol. The van der Waals surface area contributed by atoms with Gasteiger partial charge in [0.25, 0.3) is 10.0 Å². The molecule has 0 unspecified atom stereocenters. The molecule has 1 aromatic heterocycles. The molecule has 1 heterocycles. The Labute approximate surface area is 123 Å². The highest BCUT2D eigenvalue weighted by molar-refractivity contribution is 7.92. The van der Waals surface area contributed by atoms with Crippen LogP contribution in [-0.2, 0) is 10.0 Å². The van der Waals surface area contributed by atoms with Crippen LogP contribution in [0.15, 0.2) is 47.5 Å². The highest BCUT2D eigenvalue weighted by atomic mass is 35.5. The number of rotatable bonds is 4.